The Morgan fingerprint density at radius 1 is 0.778 bits per heavy atom. The van der Waals surface area contributed by atoms with Crippen molar-refractivity contribution >= 4 is 23.5 Å². The molecule has 110 valence electrons. The van der Waals surface area contributed by atoms with Crippen LogP contribution in [0.15, 0.2) is 0 Å². The summed E-state index contributed by atoms with van der Waals surface area (Å²) in [6, 6.07) is 0. The van der Waals surface area contributed by atoms with Crippen molar-refractivity contribution in [3.63, 3.8) is 0 Å². The van der Waals surface area contributed by atoms with Crippen LogP contribution in [0.3, 0.4) is 0 Å². The van der Waals surface area contributed by atoms with Crippen molar-refractivity contribution in [2.45, 2.75) is 89.6 Å². The van der Waals surface area contributed by atoms with E-state index < -0.39 is 0 Å². The maximum Gasteiger partial charge on any atom is 0.00444 e. The number of unbranched alkanes of at least 4 members (excludes halogenated alkanes) is 3. The first-order valence-electron chi connectivity index (χ1n) is 7.97. The molecule has 0 aromatic heterocycles. The highest BCUT2D eigenvalue weighted by molar-refractivity contribution is 8.00. The minimum Gasteiger partial charge on any atom is -0.159 e. The molecule has 0 saturated carbocycles. The molecule has 0 rings (SSSR count). The maximum absolute atomic E-state index is 2.35. The zero-order valence-corrected chi connectivity index (χ0v) is 14.7. The monoisotopic (exact) mass is 290 g/mol. The molecule has 0 saturated heterocycles. The highest BCUT2D eigenvalue weighted by atomic mass is 32.2. The second-order valence-corrected chi connectivity index (χ2v) is 8.15. The lowest BCUT2D eigenvalue weighted by atomic mass is 10.1. The normalized spacial score (nSPS) is 14.7. The van der Waals surface area contributed by atoms with Gasteiger partial charge >= 0.3 is 0 Å². The molecule has 0 nitrogen and oxygen atoms in total. The molecule has 0 aliphatic carbocycles. The van der Waals surface area contributed by atoms with E-state index in [1.54, 1.807) is 0 Å². The van der Waals surface area contributed by atoms with Gasteiger partial charge < -0.3 is 0 Å². The van der Waals surface area contributed by atoms with Crippen LogP contribution >= 0.6 is 23.5 Å². The van der Waals surface area contributed by atoms with Crippen molar-refractivity contribution in [2.24, 2.45) is 0 Å². The van der Waals surface area contributed by atoms with E-state index in [2.05, 4.69) is 51.2 Å². The summed E-state index contributed by atoms with van der Waals surface area (Å²) in [4.78, 5) is 0. The van der Waals surface area contributed by atoms with Crippen molar-refractivity contribution < 1.29 is 0 Å². The first-order chi connectivity index (χ1) is 8.74. The van der Waals surface area contributed by atoms with Crippen molar-refractivity contribution in [1.29, 1.82) is 0 Å². The molecule has 0 amide bonds. The predicted molar refractivity (Wildman–Crippen MR) is 92.1 cm³/mol. The Kier molecular flexibility index (Phi) is 14.7. The Balaban J connectivity index is 3.33. The second-order valence-electron chi connectivity index (χ2n) is 5.19. The molecule has 0 fully saturated rings. The number of rotatable bonds is 13. The molecule has 0 heterocycles. The van der Waals surface area contributed by atoms with Crippen LogP contribution in [0.1, 0.15) is 79.1 Å². The van der Waals surface area contributed by atoms with Crippen LogP contribution < -0.4 is 0 Å². The van der Waals surface area contributed by atoms with Crippen molar-refractivity contribution in [2.75, 3.05) is 11.5 Å². The van der Waals surface area contributed by atoms with Crippen molar-refractivity contribution in [1.82, 2.24) is 0 Å². The molecule has 18 heavy (non-hydrogen) atoms. The lowest BCUT2D eigenvalue weighted by Gasteiger charge is -2.14. The van der Waals surface area contributed by atoms with Gasteiger partial charge in [0.15, 0.2) is 0 Å². The Hall–Kier alpha value is 0.700. The SMILES string of the molecule is CCCCSC(CC)CCCCCSC(C)CC. The predicted octanol–water partition coefficient (Wildman–Crippen LogP) is 6.39. The molecule has 0 bridgehead atoms. The molecule has 2 unspecified atom stereocenters. The Labute approximate surface area is 124 Å². The van der Waals surface area contributed by atoms with Gasteiger partial charge in [-0.25, -0.2) is 0 Å². The van der Waals surface area contributed by atoms with E-state index in [0.29, 0.717) is 0 Å². The second kappa shape index (κ2) is 14.1. The van der Waals surface area contributed by atoms with E-state index in [-0.39, 0.29) is 0 Å². The summed E-state index contributed by atoms with van der Waals surface area (Å²) in [5.41, 5.74) is 0. The summed E-state index contributed by atoms with van der Waals surface area (Å²) < 4.78 is 0. The third kappa shape index (κ3) is 11.8. The lowest BCUT2D eigenvalue weighted by Crippen LogP contribution is -2.02. The van der Waals surface area contributed by atoms with Gasteiger partial charge in [0, 0.05) is 10.5 Å². The molecule has 0 aliphatic rings. The highest BCUT2D eigenvalue weighted by Crippen LogP contribution is 2.23. The Morgan fingerprint density at radius 2 is 1.50 bits per heavy atom. The van der Waals surface area contributed by atoms with Crippen LogP contribution in [0.2, 0.25) is 0 Å². The molecular formula is C16H34S2. The van der Waals surface area contributed by atoms with Crippen LogP contribution in [0, 0.1) is 0 Å². The minimum atomic E-state index is 0.859. The summed E-state index contributed by atoms with van der Waals surface area (Å²) in [6.07, 6.45) is 11.2. The standard InChI is InChI=1S/C16H34S2/c1-5-8-13-18-16(7-3)12-10-9-11-14-17-15(4)6-2/h15-16H,5-14H2,1-4H3. The van der Waals surface area contributed by atoms with Crippen molar-refractivity contribution in [3.05, 3.63) is 0 Å². The molecule has 0 aromatic rings. The maximum atomic E-state index is 2.35. The largest absolute Gasteiger partial charge is 0.159 e. The highest BCUT2D eigenvalue weighted by Gasteiger charge is 2.06. The van der Waals surface area contributed by atoms with Crippen LogP contribution in [-0.4, -0.2) is 22.0 Å². The summed E-state index contributed by atoms with van der Waals surface area (Å²) >= 11 is 4.37. The third-order valence-electron chi connectivity index (χ3n) is 3.45. The quantitative estimate of drug-likeness (QED) is 0.360. The first kappa shape index (κ1) is 18.7. The van der Waals surface area contributed by atoms with Crippen LogP contribution in [0.4, 0.5) is 0 Å². The molecule has 0 spiro atoms. The molecule has 0 radical (unpaired) electrons. The molecule has 0 aliphatic heterocycles. The van der Waals surface area contributed by atoms with Gasteiger partial charge in [-0.05, 0) is 43.6 Å². The third-order valence-corrected chi connectivity index (χ3v) is 6.45. The van der Waals surface area contributed by atoms with E-state index in [1.165, 1.54) is 62.9 Å². The minimum absolute atomic E-state index is 0.859. The fourth-order valence-electron chi connectivity index (χ4n) is 1.85. The zero-order valence-electron chi connectivity index (χ0n) is 13.0. The molecule has 2 heteroatoms. The average molecular weight is 291 g/mol. The van der Waals surface area contributed by atoms with Crippen molar-refractivity contribution in [3.8, 4) is 0 Å². The summed E-state index contributed by atoms with van der Waals surface area (Å²) in [7, 11) is 0. The number of hydrogen-bond acceptors (Lipinski definition) is 2. The molecule has 0 aromatic carbocycles. The van der Waals surface area contributed by atoms with Gasteiger partial charge in [0.2, 0.25) is 0 Å². The van der Waals surface area contributed by atoms with E-state index in [9.17, 15) is 0 Å². The van der Waals surface area contributed by atoms with Gasteiger partial charge in [0.25, 0.3) is 0 Å². The molecular weight excluding hydrogens is 256 g/mol. The van der Waals surface area contributed by atoms with Crippen LogP contribution in [0.5, 0.6) is 0 Å². The number of thioether (sulfide) groups is 2. The van der Waals surface area contributed by atoms with Gasteiger partial charge in [-0.1, -0.05) is 47.0 Å². The lowest BCUT2D eigenvalue weighted by molar-refractivity contribution is 0.637. The van der Waals surface area contributed by atoms with Gasteiger partial charge in [-0.2, -0.15) is 23.5 Å². The summed E-state index contributed by atoms with van der Waals surface area (Å²) in [5, 5.41) is 1.79. The summed E-state index contributed by atoms with van der Waals surface area (Å²) in [6.45, 7) is 9.28. The first-order valence-corrected chi connectivity index (χ1v) is 10.1. The zero-order chi connectivity index (χ0) is 13.6. The van der Waals surface area contributed by atoms with E-state index in [4.69, 9.17) is 0 Å². The average Bonchev–Trinajstić information content (AvgIpc) is 2.40. The van der Waals surface area contributed by atoms with Gasteiger partial charge in [-0.15, -0.1) is 0 Å². The van der Waals surface area contributed by atoms with E-state index in [0.717, 1.165) is 10.5 Å². The fraction of sp³-hybridized carbons (Fsp3) is 1.00. The number of hydrogen-bond donors (Lipinski definition) is 0. The van der Waals surface area contributed by atoms with Gasteiger partial charge in [0.05, 0.1) is 0 Å². The Bertz CT molecular complexity index is 159. The van der Waals surface area contributed by atoms with Crippen LogP contribution in [0.25, 0.3) is 0 Å². The Morgan fingerprint density at radius 3 is 2.11 bits per heavy atom. The van der Waals surface area contributed by atoms with Gasteiger partial charge in [0.1, 0.15) is 0 Å². The van der Waals surface area contributed by atoms with Crippen LogP contribution in [-0.2, 0) is 0 Å². The molecule has 2 atom stereocenters. The fourth-order valence-corrected chi connectivity index (χ4v) is 4.22. The van der Waals surface area contributed by atoms with Gasteiger partial charge in [-0.3, -0.25) is 0 Å². The smallest absolute Gasteiger partial charge is 0.00444 e. The van der Waals surface area contributed by atoms with E-state index in [1.807, 2.05) is 0 Å². The molecule has 0 N–H and O–H groups in total. The van der Waals surface area contributed by atoms with E-state index >= 15 is 0 Å². The summed E-state index contributed by atoms with van der Waals surface area (Å²) in [5.74, 6) is 2.74. The topological polar surface area (TPSA) is 0 Å².